The van der Waals surface area contributed by atoms with Gasteiger partial charge in [0.1, 0.15) is 12.6 Å². The number of carboxylic acid groups (broad SMARTS) is 1. The summed E-state index contributed by atoms with van der Waals surface area (Å²) >= 11 is 0. The number of aliphatic carboxylic acids is 1. The number of nitrogens with one attached hydrogen (secondary N) is 1. The molecule has 0 heterocycles. The molecule has 6 nitrogen and oxygen atoms in total. The topological polar surface area (TPSA) is 84.9 Å². The lowest BCUT2D eigenvalue weighted by Crippen LogP contribution is -2.37. The maximum Gasteiger partial charge on any atom is 0.325 e. The van der Waals surface area contributed by atoms with Crippen LogP contribution in [0.2, 0.25) is 0 Å². The minimum atomic E-state index is -1.09. The lowest BCUT2D eigenvalue weighted by atomic mass is 10.1. The van der Waals surface area contributed by atoms with Crippen molar-refractivity contribution in [2.24, 2.45) is 0 Å². The highest BCUT2D eigenvalue weighted by atomic mass is 16.5. The molecule has 0 saturated carbocycles. The quantitative estimate of drug-likeness (QED) is 0.698. The van der Waals surface area contributed by atoms with Crippen molar-refractivity contribution in [3.8, 4) is 11.5 Å². The zero-order valence-electron chi connectivity index (χ0n) is 15.6. The number of carbonyl (C=O) groups is 2. The molecule has 0 fully saturated rings. The minimum Gasteiger partial charge on any atom is -0.493 e. The summed E-state index contributed by atoms with van der Waals surface area (Å²) in [5.74, 6) is -0.427. The van der Waals surface area contributed by atoms with E-state index in [4.69, 9.17) is 14.6 Å². The van der Waals surface area contributed by atoms with E-state index in [-0.39, 0.29) is 0 Å². The molecule has 2 rings (SSSR count). The van der Waals surface area contributed by atoms with Crippen LogP contribution in [0.15, 0.2) is 48.5 Å². The van der Waals surface area contributed by atoms with E-state index in [0.29, 0.717) is 18.1 Å². The van der Waals surface area contributed by atoms with E-state index in [9.17, 15) is 9.59 Å². The first-order chi connectivity index (χ1) is 12.9. The predicted molar refractivity (Wildman–Crippen MR) is 103 cm³/mol. The van der Waals surface area contributed by atoms with E-state index in [1.807, 2.05) is 31.2 Å². The number of benzene rings is 2. The number of ether oxygens (including phenoxy) is 2. The van der Waals surface area contributed by atoms with Crippen LogP contribution in [0.5, 0.6) is 11.5 Å². The minimum absolute atomic E-state index is 0.424. The lowest BCUT2D eigenvalue weighted by molar-refractivity contribution is -0.140. The summed E-state index contributed by atoms with van der Waals surface area (Å²) in [7, 11) is 1.55. The van der Waals surface area contributed by atoms with E-state index in [1.165, 1.54) is 13.0 Å². The lowest BCUT2D eigenvalue weighted by Gasteiger charge is -2.12. The Kier molecular flexibility index (Phi) is 7.00. The third-order valence-corrected chi connectivity index (χ3v) is 3.99. The van der Waals surface area contributed by atoms with Crippen molar-refractivity contribution in [3.63, 3.8) is 0 Å². The van der Waals surface area contributed by atoms with Crippen molar-refractivity contribution < 1.29 is 24.2 Å². The molecule has 0 spiro atoms. The molecule has 1 amide bonds. The third kappa shape index (κ3) is 5.88. The Morgan fingerprint density at radius 3 is 2.59 bits per heavy atom. The van der Waals surface area contributed by atoms with Crippen molar-refractivity contribution in [1.29, 1.82) is 0 Å². The average molecular weight is 369 g/mol. The molecule has 0 radical (unpaired) electrons. The summed E-state index contributed by atoms with van der Waals surface area (Å²) in [6.45, 7) is 3.85. The molecular formula is C21H23NO5. The van der Waals surface area contributed by atoms with Gasteiger partial charge in [-0.25, -0.2) is 0 Å². The monoisotopic (exact) mass is 369 g/mol. The van der Waals surface area contributed by atoms with E-state index in [0.717, 1.165) is 16.7 Å². The molecule has 0 aliphatic carbocycles. The number of aryl methyl sites for hydroxylation is 1. The first kappa shape index (κ1) is 20.0. The fraction of sp³-hybridized carbons (Fsp3) is 0.238. The largest absolute Gasteiger partial charge is 0.493 e. The van der Waals surface area contributed by atoms with Gasteiger partial charge >= 0.3 is 5.97 Å². The normalized spacial score (nSPS) is 11.8. The van der Waals surface area contributed by atoms with Crippen LogP contribution in [-0.2, 0) is 16.2 Å². The highest BCUT2D eigenvalue weighted by molar-refractivity contribution is 5.94. The van der Waals surface area contributed by atoms with Gasteiger partial charge in [0.2, 0.25) is 5.91 Å². The van der Waals surface area contributed by atoms with Gasteiger partial charge in [0, 0.05) is 6.08 Å². The second kappa shape index (κ2) is 9.43. The zero-order chi connectivity index (χ0) is 19.8. The van der Waals surface area contributed by atoms with Crippen LogP contribution in [0.25, 0.3) is 6.08 Å². The van der Waals surface area contributed by atoms with Crippen LogP contribution >= 0.6 is 0 Å². The summed E-state index contributed by atoms with van der Waals surface area (Å²) in [6.07, 6.45) is 2.86. The van der Waals surface area contributed by atoms with Gasteiger partial charge in [-0.3, -0.25) is 9.59 Å². The van der Waals surface area contributed by atoms with Crippen LogP contribution in [0, 0.1) is 6.92 Å². The average Bonchev–Trinajstić information content (AvgIpc) is 2.65. The van der Waals surface area contributed by atoms with E-state index < -0.39 is 17.9 Å². The predicted octanol–water partition coefficient (Wildman–Crippen LogP) is 3.19. The second-order valence-electron chi connectivity index (χ2n) is 6.03. The summed E-state index contributed by atoms with van der Waals surface area (Å²) < 4.78 is 11.2. The van der Waals surface area contributed by atoms with E-state index >= 15 is 0 Å². The van der Waals surface area contributed by atoms with Crippen LogP contribution in [0.4, 0.5) is 0 Å². The van der Waals surface area contributed by atoms with Crippen molar-refractivity contribution in [3.05, 3.63) is 65.2 Å². The van der Waals surface area contributed by atoms with E-state index in [1.54, 1.807) is 31.4 Å². The second-order valence-corrected chi connectivity index (χ2v) is 6.03. The number of carbonyl (C=O) groups excluding carboxylic acids is 1. The van der Waals surface area contributed by atoms with Gasteiger partial charge in [-0.15, -0.1) is 0 Å². The summed E-state index contributed by atoms with van der Waals surface area (Å²) in [5, 5.41) is 11.1. The van der Waals surface area contributed by atoms with Crippen LogP contribution in [-0.4, -0.2) is 30.1 Å². The van der Waals surface area contributed by atoms with Gasteiger partial charge in [0.15, 0.2) is 11.5 Å². The Morgan fingerprint density at radius 2 is 1.93 bits per heavy atom. The van der Waals surface area contributed by atoms with Gasteiger partial charge in [-0.1, -0.05) is 30.3 Å². The molecule has 2 aromatic rings. The van der Waals surface area contributed by atoms with Crippen molar-refractivity contribution in [2.75, 3.05) is 7.11 Å². The number of amides is 1. The maximum atomic E-state index is 11.7. The summed E-state index contributed by atoms with van der Waals surface area (Å²) in [4.78, 5) is 22.5. The molecule has 1 unspecified atom stereocenters. The molecule has 0 aliphatic heterocycles. The molecule has 0 aliphatic rings. The number of carboxylic acids is 1. The van der Waals surface area contributed by atoms with Gasteiger partial charge in [0.05, 0.1) is 7.11 Å². The fourth-order valence-electron chi connectivity index (χ4n) is 2.33. The van der Waals surface area contributed by atoms with Crippen LogP contribution in [0.3, 0.4) is 0 Å². The summed E-state index contributed by atoms with van der Waals surface area (Å²) in [6, 6.07) is 12.3. The number of rotatable bonds is 8. The third-order valence-electron chi connectivity index (χ3n) is 3.99. The van der Waals surface area contributed by atoms with Crippen molar-refractivity contribution >= 4 is 18.0 Å². The SMILES string of the molecule is COc1cc(/C=C/C(=O)NC(C)C(=O)O)ccc1OCc1ccccc1C. The van der Waals surface area contributed by atoms with Gasteiger partial charge < -0.3 is 19.9 Å². The van der Waals surface area contributed by atoms with Gasteiger partial charge in [0.25, 0.3) is 0 Å². The number of hydrogen-bond donors (Lipinski definition) is 2. The molecule has 0 aromatic heterocycles. The molecule has 6 heteroatoms. The molecule has 0 saturated heterocycles. The van der Waals surface area contributed by atoms with Crippen LogP contribution < -0.4 is 14.8 Å². The zero-order valence-corrected chi connectivity index (χ0v) is 15.6. The first-order valence-electron chi connectivity index (χ1n) is 8.47. The highest BCUT2D eigenvalue weighted by Gasteiger charge is 2.12. The Morgan fingerprint density at radius 1 is 1.19 bits per heavy atom. The molecular weight excluding hydrogens is 346 g/mol. The van der Waals surface area contributed by atoms with Gasteiger partial charge in [-0.05, 0) is 48.7 Å². The smallest absolute Gasteiger partial charge is 0.325 e. The number of hydrogen-bond acceptors (Lipinski definition) is 4. The molecule has 2 N–H and O–H groups in total. The Hall–Kier alpha value is -3.28. The molecule has 0 bridgehead atoms. The van der Waals surface area contributed by atoms with Crippen molar-refractivity contribution in [2.45, 2.75) is 26.5 Å². The Balaban J connectivity index is 2.05. The standard InChI is InChI=1S/C21H23NO5/c1-14-6-4-5-7-17(14)13-27-18-10-8-16(12-19(18)26-3)9-11-20(23)22-15(2)21(24)25/h4-12,15H,13H2,1-3H3,(H,22,23)(H,24,25)/b11-9+. The first-order valence-corrected chi connectivity index (χ1v) is 8.47. The van der Waals surface area contributed by atoms with Gasteiger partial charge in [-0.2, -0.15) is 0 Å². The van der Waals surface area contributed by atoms with E-state index in [2.05, 4.69) is 5.32 Å². The van der Waals surface area contributed by atoms with Crippen LogP contribution in [0.1, 0.15) is 23.6 Å². The molecule has 27 heavy (non-hydrogen) atoms. The maximum absolute atomic E-state index is 11.7. The molecule has 2 aromatic carbocycles. The highest BCUT2D eigenvalue weighted by Crippen LogP contribution is 2.29. The Labute approximate surface area is 158 Å². The Bertz CT molecular complexity index is 844. The van der Waals surface area contributed by atoms with Crippen molar-refractivity contribution in [1.82, 2.24) is 5.32 Å². The summed E-state index contributed by atoms with van der Waals surface area (Å²) in [5.41, 5.74) is 2.97. The number of methoxy groups -OCH3 is 1. The fourth-order valence-corrected chi connectivity index (χ4v) is 2.33. The molecule has 142 valence electrons. The molecule has 1 atom stereocenters.